The fraction of sp³-hybridized carbons (Fsp3) is 0.565. The molecule has 1 saturated heterocycles. The standard InChI is InChI=1S/C23H31N3O6/c1-4-5-10-23(32-22(24)29,18(15(2)3)21(28)26-11-13-30-14-12-26)19(27)20-25-16-8-6-7-9-17(16)31-20/h6-9,15,18H,4-5,10-14H2,1-3H3,(H2,24,29)/t18?,23-/m0/s1. The van der Waals surface area contributed by atoms with Crippen molar-refractivity contribution in [2.24, 2.45) is 17.6 Å². The topological polar surface area (TPSA) is 125 Å². The van der Waals surface area contributed by atoms with Gasteiger partial charge in [-0.05, 0) is 30.9 Å². The van der Waals surface area contributed by atoms with Crippen LogP contribution in [0.1, 0.15) is 50.7 Å². The van der Waals surface area contributed by atoms with Gasteiger partial charge in [-0.1, -0.05) is 39.3 Å². The predicted molar refractivity (Wildman–Crippen MR) is 117 cm³/mol. The Balaban J connectivity index is 2.12. The number of carbonyl (C=O) groups excluding carboxylic acids is 3. The smallest absolute Gasteiger partial charge is 0.405 e. The number of para-hydroxylation sites is 2. The lowest BCUT2D eigenvalue weighted by molar-refractivity contribution is -0.150. The number of unbranched alkanes of at least 4 members (excludes halogenated alkanes) is 1. The van der Waals surface area contributed by atoms with E-state index < -0.39 is 23.4 Å². The highest BCUT2D eigenvalue weighted by Gasteiger charge is 2.56. The van der Waals surface area contributed by atoms with Crippen molar-refractivity contribution >= 4 is 28.9 Å². The second kappa shape index (κ2) is 10.1. The molecule has 1 aromatic heterocycles. The van der Waals surface area contributed by atoms with Crippen LogP contribution in [0.15, 0.2) is 28.7 Å². The molecule has 174 valence electrons. The Kier molecular flexibility index (Phi) is 7.50. The highest BCUT2D eigenvalue weighted by molar-refractivity contribution is 6.04. The largest absolute Gasteiger partial charge is 0.434 e. The van der Waals surface area contributed by atoms with Crippen molar-refractivity contribution in [3.63, 3.8) is 0 Å². The Bertz CT molecular complexity index is 933. The van der Waals surface area contributed by atoms with Gasteiger partial charge in [0, 0.05) is 13.1 Å². The molecule has 1 aromatic carbocycles. The number of oxazole rings is 1. The molecular formula is C23H31N3O6. The molecule has 2 aromatic rings. The van der Waals surface area contributed by atoms with Crippen molar-refractivity contribution < 1.29 is 28.3 Å². The molecule has 0 radical (unpaired) electrons. The summed E-state index contributed by atoms with van der Waals surface area (Å²) in [4.78, 5) is 45.6. The monoisotopic (exact) mass is 445 g/mol. The van der Waals surface area contributed by atoms with Crippen LogP contribution < -0.4 is 5.73 Å². The summed E-state index contributed by atoms with van der Waals surface area (Å²) >= 11 is 0. The number of nitrogens with zero attached hydrogens (tertiary/aromatic N) is 2. The highest BCUT2D eigenvalue weighted by atomic mass is 16.6. The van der Waals surface area contributed by atoms with E-state index in [0.29, 0.717) is 43.8 Å². The first kappa shape index (κ1) is 23.7. The first-order valence-electron chi connectivity index (χ1n) is 11.1. The molecule has 1 aliphatic heterocycles. The number of morpholine rings is 1. The molecule has 2 N–H and O–H groups in total. The van der Waals surface area contributed by atoms with Crippen LogP contribution in [0.3, 0.4) is 0 Å². The number of carbonyl (C=O) groups is 3. The number of benzene rings is 1. The average Bonchev–Trinajstić information content (AvgIpc) is 3.21. The van der Waals surface area contributed by atoms with E-state index >= 15 is 0 Å². The second-order valence-corrected chi connectivity index (χ2v) is 8.39. The number of amides is 2. The number of nitrogens with two attached hydrogens (primary N) is 1. The number of ketones is 1. The van der Waals surface area contributed by atoms with Gasteiger partial charge >= 0.3 is 6.09 Å². The first-order chi connectivity index (χ1) is 15.3. The second-order valence-electron chi connectivity index (χ2n) is 8.39. The van der Waals surface area contributed by atoms with Crippen molar-refractivity contribution in [2.45, 2.75) is 45.6 Å². The van der Waals surface area contributed by atoms with Crippen molar-refractivity contribution in [2.75, 3.05) is 26.3 Å². The van der Waals surface area contributed by atoms with Crippen LogP contribution in [0, 0.1) is 11.8 Å². The molecule has 0 saturated carbocycles. The Morgan fingerprint density at radius 2 is 1.91 bits per heavy atom. The van der Waals surface area contributed by atoms with Crippen LogP contribution in [-0.2, 0) is 14.3 Å². The molecule has 2 atom stereocenters. The minimum atomic E-state index is -1.83. The van der Waals surface area contributed by atoms with Crippen LogP contribution >= 0.6 is 0 Å². The minimum Gasteiger partial charge on any atom is -0.434 e. The number of fused-ring (bicyclic) bond motifs is 1. The first-order valence-corrected chi connectivity index (χ1v) is 11.1. The molecule has 9 heteroatoms. The molecule has 1 fully saturated rings. The third-order valence-corrected chi connectivity index (χ3v) is 5.81. The van der Waals surface area contributed by atoms with Crippen LogP contribution in [0.4, 0.5) is 4.79 Å². The SMILES string of the molecule is CCCC[C@@](OC(N)=O)(C(=O)c1nc2ccccc2o1)C(C(=O)N1CCOCC1)C(C)C. The predicted octanol–water partition coefficient (Wildman–Crippen LogP) is 3.17. The van der Waals surface area contributed by atoms with Gasteiger partial charge in [0.2, 0.25) is 5.91 Å². The highest BCUT2D eigenvalue weighted by Crippen LogP contribution is 2.38. The number of primary amides is 1. The summed E-state index contributed by atoms with van der Waals surface area (Å²) in [5.41, 5.74) is 4.55. The third-order valence-electron chi connectivity index (χ3n) is 5.81. The van der Waals surface area contributed by atoms with Gasteiger partial charge in [-0.3, -0.25) is 9.59 Å². The zero-order valence-corrected chi connectivity index (χ0v) is 18.8. The van der Waals surface area contributed by atoms with Crippen molar-refractivity contribution in [1.29, 1.82) is 0 Å². The maximum Gasteiger partial charge on any atom is 0.405 e. The van der Waals surface area contributed by atoms with Crippen molar-refractivity contribution in [1.82, 2.24) is 9.88 Å². The lowest BCUT2D eigenvalue weighted by Gasteiger charge is -2.41. The van der Waals surface area contributed by atoms with Crippen LogP contribution in [0.5, 0.6) is 0 Å². The van der Waals surface area contributed by atoms with Gasteiger partial charge in [0.15, 0.2) is 11.2 Å². The van der Waals surface area contributed by atoms with Crippen molar-refractivity contribution in [3.8, 4) is 0 Å². The summed E-state index contributed by atoms with van der Waals surface area (Å²) in [6.45, 7) is 7.23. The summed E-state index contributed by atoms with van der Waals surface area (Å²) in [5, 5.41) is 0. The molecule has 0 spiro atoms. The fourth-order valence-corrected chi connectivity index (χ4v) is 4.34. The van der Waals surface area contributed by atoms with Gasteiger partial charge < -0.3 is 24.5 Å². The zero-order chi connectivity index (χ0) is 23.3. The van der Waals surface area contributed by atoms with E-state index in [4.69, 9.17) is 19.6 Å². The van der Waals surface area contributed by atoms with Crippen LogP contribution in [0.2, 0.25) is 0 Å². The molecule has 0 bridgehead atoms. The quantitative estimate of drug-likeness (QED) is 0.588. The van der Waals surface area contributed by atoms with Gasteiger partial charge in [-0.2, -0.15) is 0 Å². The molecule has 1 aliphatic rings. The Hall–Kier alpha value is -2.94. The van der Waals surface area contributed by atoms with Gasteiger partial charge in [-0.25, -0.2) is 9.78 Å². The van der Waals surface area contributed by atoms with Crippen LogP contribution in [0.25, 0.3) is 11.1 Å². The van der Waals surface area contributed by atoms with Gasteiger partial charge in [0.05, 0.1) is 19.1 Å². The Labute approximate surface area is 187 Å². The van der Waals surface area contributed by atoms with E-state index in [1.165, 1.54) is 0 Å². The number of rotatable bonds is 9. The molecule has 3 rings (SSSR count). The molecule has 9 nitrogen and oxygen atoms in total. The molecule has 0 aliphatic carbocycles. The third kappa shape index (κ3) is 4.77. The van der Waals surface area contributed by atoms with E-state index in [1.54, 1.807) is 29.2 Å². The number of aromatic nitrogens is 1. The van der Waals surface area contributed by atoms with Gasteiger partial charge in [0.25, 0.3) is 11.7 Å². The van der Waals surface area contributed by atoms with Gasteiger partial charge in [-0.15, -0.1) is 0 Å². The summed E-state index contributed by atoms with van der Waals surface area (Å²) in [6, 6.07) is 6.96. The average molecular weight is 446 g/mol. The minimum absolute atomic E-state index is 0.128. The summed E-state index contributed by atoms with van der Waals surface area (Å²) < 4.78 is 16.7. The fourth-order valence-electron chi connectivity index (χ4n) is 4.34. The molecule has 1 unspecified atom stereocenters. The Morgan fingerprint density at radius 3 is 2.50 bits per heavy atom. The summed E-state index contributed by atoms with van der Waals surface area (Å²) in [7, 11) is 0. The number of hydrogen-bond acceptors (Lipinski definition) is 7. The normalized spacial score (nSPS) is 17.2. The molecule has 2 heterocycles. The summed E-state index contributed by atoms with van der Waals surface area (Å²) in [5.74, 6) is -2.41. The van der Waals surface area contributed by atoms with E-state index in [-0.39, 0.29) is 24.1 Å². The van der Waals surface area contributed by atoms with E-state index in [0.717, 1.165) is 6.42 Å². The molecule has 32 heavy (non-hydrogen) atoms. The molecule has 2 amide bonds. The number of Topliss-reactive ketones (excluding diaryl/α,β-unsaturated/α-hetero) is 1. The van der Waals surface area contributed by atoms with Crippen molar-refractivity contribution in [3.05, 3.63) is 30.2 Å². The maximum absolute atomic E-state index is 13.9. The Morgan fingerprint density at radius 1 is 1.22 bits per heavy atom. The summed E-state index contributed by atoms with van der Waals surface area (Å²) in [6.07, 6.45) is 0.272. The lowest BCUT2D eigenvalue weighted by Crippen LogP contribution is -2.59. The van der Waals surface area contributed by atoms with E-state index in [2.05, 4.69) is 4.98 Å². The van der Waals surface area contributed by atoms with E-state index in [9.17, 15) is 14.4 Å². The van der Waals surface area contributed by atoms with Crippen LogP contribution in [-0.4, -0.2) is 59.6 Å². The molecular weight excluding hydrogens is 414 g/mol. The van der Waals surface area contributed by atoms with Gasteiger partial charge in [0.1, 0.15) is 5.52 Å². The maximum atomic E-state index is 13.9. The number of hydrogen-bond donors (Lipinski definition) is 1. The van der Waals surface area contributed by atoms with E-state index in [1.807, 2.05) is 20.8 Å². The zero-order valence-electron chi connectivity index (χ0n) is 18.8. The lowest BCUT2D eigenvalue weighted by atomic mass is 9.72. The number of ether oxygens (including phenoxy) is 2.